The summed E-state index contributed by atoms with van der Waals surface area (Å²) in [5.41, 5.74) is 5.68. The van der Waals surface area contributed by atoms with Gasteiger partial charge in [-0.05, 0) is 26.7 Å². The molecule has 1 fully saturated rings. The van der Waals surface area contributed by atoms with Crippen LogP contribution in [0.25, 0.3) is 0 Å². The average Bonchev–Trinajstić information content (AvgIpc) is 2.60. The van der Waals surface area contributed by atoms with E-state index in [4.69, 9.17) is 5.73 Å². The summed E-state index contributed by atoms with van der Waals surface area (Å²) in [6, 6.07) is 0.242. The van der Waals surface area contributed by atoms with Gasteiger partial charge in [-0.3, -0.25) is 9.48 Å². The maximum Gasteiger partial charge on any atom is 0.314 e. The zero-order valence-corrected chi connectivity index (χ0v) is 9.55. The summed E-state index contributed by atoms with van der Waals surface area (Å²) in [4.78, 5) is 11.3. The zero-order chi connectivity index (χ0) is 11.9. The van der Waals surface area contributed by atoms with Crippen LogP contribution in [0.3, 0.4) is 0 Å². The van der Waals surface area contributed by atoms with Gasteiger partial charge in [-0.25, -0.2) is 0 Å². The van der Waals surface area contributed by atoms with E-state index in [1.807, 2.05) is 20.0 Å². The van der Waals surface area contributed by atoms with Crippen LogP contribution in [-0.2, 0) is 10.2 Å². The van der Waals surface area contributed by atoms with E-state index in [1.165, 1.54) is 0 Å². The van der Waals surface area contributed by atoms with Crippen LogP contribution in [0.1, 0.15) is 38.3 Å². The first-order valence-electron chi connectivity index (χ1n) is 5.49. The van der Waals surface area contributed by atoms with Crippen LogP contribution in [-0.4, -0.2) is 26.9 Å². The Hall–Kier alpha value is -1.36. The topological polar surface area (TPSA) is 81.1 Å². The van der Waals surface area contributed by atoms with Crippen molar-refractivity contribution in [1.82, 2.24) is 9.78 Å². The molecule has 0 saturated heterocycles. The summed E-state index contributed by atoms with van der Waals surface area (Å²) in [7, 11) is 0. The molecular weight excluding hydrogens is 206 g/mol. The largest absolute Gasteiger partial charge is 0.481 e. The van der Waals surface area contributed by atoms with Gasteiger partial charge < -0.3 is 10.8 Å². The van der Waals surface area contributed by atoms with Crippen LogP contribution in [0, 0.1) is 0 Å². The highest BCUT2D eigenvalue weighted by molar-refractivity contribution is 5.82. The number of aromatic nitrogens is 2. The third kappa shape index (κ3) is 1.51. The van der Waals surface area contributed by atoms with Crippen molar-refractivity contribution in [3.05, 3.63) is 18.0 Å². The number of carboxylic acids is 1. The molecule has 2 rings (SSSR count). The molecule has 0 aliphatic heterocycles. The second-order valence-corrected chi connectivity index (χ2v) is 4.86. The summed E-state index contributed by atoms with van der Waals surface area (Å²) in [6.07, 6.45) is 4.49. The van der Waals surface area contributed by atoms with Crippen molar-refractivity contribution in [2.45, 2.75) is 44.2 Å². The molecular formula is C11H17N3O2. The van der Waals surface area contributed by atoms with Gasteiger partial charge in [-0.2, -0.15) is 5.10 Å². The maximum absolute atomic E-state index is 11.3. The van der Waals surface area contributed by atoms with E-state index in [1.54, 1.807) is 10.9 Å². The number of hydrogen-bond donors (Lipinski definition) is 2. The minimum atomic E-state index is -0.799. The minimum absolute atomic E-state index is 0.00139. The lowest BCUT2D eigenvalue weighted by atomic mass is 9.62. The number of nitrogens with zero attached hydrogens (tertiary/aromatic N) is 2. The fourth-order valence-electron chi connectivity index (χ4n) is 2.24. The van der Waals surface area contributed by atoms with Crippen LogP contribution in [0.4, 0.5) is 0 Å². The smallest absolute Gasteiger partial charge is 0.314 e. The standard InChI is InChI=1S/C11H17N3O2/c1-7(2)14-6-8(5-13-14)11(10(15)16)3-9(12)4-11/h5-7,9H,3-4,12H2,1-2H3,(H,15,16). The van der Waals surface area contributed by atoms with Gasteiger partial charge in [-0.15, -0.1) is 0 Å². The van der Waals surface area contributed by atoms with Crippen molar-refractivity contribution in [3.63, 3.8) is 0 Å². The highest BCUT2D eigenvalue weighted by Crippen LogP contribution is 2.43. The Morgan fingerprint density at radius 2 is 2.31 bits per heavy atom. The molecule has 1 aromatic heterocycles. The van der Waals surface area contributed by atoms with Crippen LogP contribution in [0.15, 0.2) is 12.4 Å². The highest BCUT2D eigenvalue weighted by atomic mass is 16.4. The number of rotatable bonds is 3. The molecule has 1 aromatic rings. The Morgan fingerprint density at radius 3 is 2.69 bits per heavy atom. The van der Waals surface area contributed by atoms with E-state index >= 15 is 0 Å². The lowest BCUT2D eigenvalue weighted by Crippen LogP contribution is -2.54. The molecule has 88 valence electrons. The van der Waals surface area contributed by atoms with Gasteiger partial charge in [-0.1, -0.05) is 0 Å². The predicted octanol–water partition coefficient (Wildman–Crippen LogP) is 0.907. The van der Waals surface area contributed by atoms with Crippen LogP contribution in [0.2, 0.25) is 0 Å². The minimum Gasteiger partial charge on any atom is -0.481 e. The van der Waals surface area contributed by atoms with E-state index in [-0.39, 0.29) is 12.1 Å². The van der Waals surface area contributed by atoms with E-state index in [2.05, 4.69) is 5.10 Å². The fourth-order valence-corrected chi connectivity index (χ4v) is 2.24. The van der Waals surface area contributed by atoms with Crippen molar-refractivity contribution in [2.24, 2.45) is 5.73 Å². The average molecular weight is 223 g/mol. The quantitative estimate of drug-likeness (QED) is 0.798. The summed E-state index contributed by atoms with van der Waals surface area (Å²) in [5.74, 6) is -0.794. The summed E-state index contributed by atoms with van der Waals surface area (Å²) >= 11 is 0. The molecule has 0 bridgehead atoms. The third-order valence-electron chi connectivity index (χ3n) is 3.31. The normalized spacial score (nSPS) is 29.1. The Kier molecular flexibility index (Phi) is 2.50. The molecule has 16 heavy (non-hydrogen) atoms. The maximum atomic E-state index is 11.3. The van der Waals surface area contributed by atoms with Gasteiger partial charge >= 0.3 is 5.97 Å². The Balaban J connectivity index is 2.30. The van der Waals surface area contributed by atoms with Gasteiger partial charge in [0.05, 0.1) is 11.6 Å². The molecule has 0 amide bonds. The van der Waals surface area contributed by atoms with Crippen molar-refractivity contribution in [1.29, 1.82) is 0 Å². The molecule has 1 heterocycles. The van der Waals surface area contributed by atoms with Crippen LogP contribution >= 0.6 is 0 Å². The molecule has 0 aromatic carbocycles. The number of carbonyl (C=O) groups is 1. The summed E-state index contributed by atoms with van der Waals surface area (Å²) in [5, 5.41) is 13.5. The lowest BCUT2D eigenvalue weighted by molar-refractivity contribution is -0.148. The lowest BCUT2D eigenvalue weighted by Gasteiger charge is -2.41. The molecule has 0 radical (unpaired) electrons. The first-order valence-corrected chi connectivity index (χ1v) is 5.49. The number of nitrogens with two attached hydrogens (primary N) is 1. The first-order chi connectivity index (χ1) is 7.45. The molecule has 1 aliphatic rings. The van der Waals surface area contributed by atoms with Gasteiger partial charge in [0.25, 0.3) is 0 Å². The second kappa shape index (κ2) is 3.59. The molecule has 0 atom stereocenters. The van der Waals surface area contributed by atoms with Crippen molar-refractivity contribution in [2.75, 3.05) is 0 Å². The Bertz CT molecular complexity index is 405. The molecule has 5 heteroatoms. The second-order valence-electron chi connectivity index (χ2n) is 4.86. The molecule has 3 N–H and O–H groups in total. The van der Waals surface area contributed by atoms with Gasteiger partial charge in [0.2, 0.25) is 0 Å². The van der Waals surface area contributed by atoms with E-state index < -0.39 is 11.4 Å². The molecule has 1 saturated carbocycles. The zero-order valence-electron chi connectivity index (χ0n) is 9.55. The molecule has 0 spiro atoms. The third-order valence-corrected chi connectivity index (χ3v) is 3.31. The fraction of sp³-hybridized carbons (Fsp3) is 0.636. The molecule has 1 aliphatic carbocycles. The number of carboxylic acid groups (broad SMARTS) is 1. The summed E-state index contributed by atoms with van der Waals surface area (Å²) < 4.78 is 1.78. The first kappa shape index (κ1) is 11.1. The van der Waals surface area contributed by atoms with Crippen molar-refractivity contribution < 1.29 is 9.90 Å². The van der Waals surface area contributed by atoms with E-state index in [0.717, 1.165) is 5.56 Å². The molecule has 5 nitrogen and oxygen atoms in total. The van der Waals surface area contributed by atoms with Crippen LogP contribution < -0.4 is 5.73 Å². The SMILES string of the molecule is CC(C)n1cc(C2(C(=O)O)CC(N)C2)cn1. The monoisotopic (exact) mass is 223 g/mol. The van der Waals surface area contributed by atoms with Gasteiger partial charge in [0, 0.05) is 23.8 Å². The number of aliphatic carboxylic acids is 1. The van der Waals surface area contributed by atoms with Gasteiger partial charge in [0.1, 0.15) is 0 Å². The van der Waals surface area contributed by atoms with Crippen molar-refractivity contribution in [3.8, 4) is 0 Å². The summed E-state index contributed by atoms with van der Waals surface area (Å²) in [6.45, 7) is 4.02. The number of hydrogen-bond acceptors (Lipinski definition) is 3. The Morgan fingerprint density at radius 1 is 1.69 bits per heavy atom. The molecule has 0 unspecified atom stereocenters. The Labute approximate surface area is 94.2 Å². The highest BCUT2D eigenvalue weighted by Gasteiger charge is 2.51. The van der Waals surface area contributed by atoms with E-state index in [0.29, 0.717) is 12.8 Å². The van der Waals surface area contributed by atoms with E-state index in [9.17, 15) is 9.90 Å². The van der Waals surface area contributed by atoms with Crippen LogP contribution in [0.5, 0.6) is 0 Å². The van der Waals surface area contributed by atoms with Crippen molar-refractivity contribution >= 4 is 5.97 Å². The van der Waals surface area contributed by atoms with Gasteiger partial charge in [0.15, 0.2) is 0 Å². The predicted molar refractivity (Wildman–Crippen MR) is 59.1 cm³/mol.